The van der Waals surface area contributed by atoms with Gasteiger partial charge in [-0.1, -0.05) is 13.2 Å². The van der Waals surface area contributed by atoms with Gasteiger partial charge in [-0.15, -0.1) is 0 Å². The summed E-state index contributed by atoms with van der Waals surface area (Å²) >= 11 is 0. The Labute approximate surface area is 92.0 Å². The fourth-order valence-corrected chi connectivity index (χ4v) is 0.893. The molecule has 0 aliphatic heterocycles. The number of hydrogen-bond donors (Lipinski definition) is 0. The molecule has 0 radical (unpaired) electrons. The van der Waals surface area contributed by atoms with Crippen LogP contribution in [0.15, 0.2) is 25.3 Å². The van der Waals surface area contributed by atoms with Crippen molar-refractivity contribution in [1.29, 1.82) is 0 Å². The van der Waals surface area contributed by atoms with E-state index in [9.17, 15) is 4.79 Å². The predicted octanol–water partition coefficient (Wildman–Crippen LogP) is -2.02. The lowest BCUT2D eigenvalue weighted by Gasteiger charge is -2.27. The average Bonchev–Trinajstić information content (AvgIpc) is 2.03. The third-order valence-corrected chi connectivity index (χ3v) is 1.73. The summed E-state index contributed by atoms with van der Waals surface area (Å²) < 4.78 is 5.64. The van der Waals surface area contributed by atoms with E-state index in [4.69, 9.17) is 4.74 Å². The molecule has 0 fully saturated rings. The minimum absolute atomic E-state index is 0. The molecule has 0 spiro atoms. The summed E-state index contributed by atoms with van der Waals surface area (Å²) in [6.45, 7) is 9.05. The van der Waals surface area contributed by atoms with Crippen LogP contribution in [0.4, 0.5) is 0 Å². The van der Waals surface area contributed by atoms with Crippen molar-refractivity contribution in [3.05, 3.63) is 25.3 Å². The van der Waals surface area contributed by atoms with E-state index in [0.717, 1.165) is 17.6 Å². The Hall–Kier alpha value is -0.800. The van der Waals surface area contributed by atoms with Gasteiger partial charge in [-0.05, 0) is 6.08 Å². The molecule has 3 nitrogen and oxygen atoms in total. The molecule has 0 aromatic heterocycles. The van der Waals surface area contributed by atoms with Gasteiger partial charge in [-0.25, -0.2) is 4.79 Å². The molecule has 0 bridgehead atoms. The van der Waals surface area contributed by atoms with Crippen LogP contribution in [0.5, 0.6) is 0 Å². The van der Waals surface area contributed by atoms with Gasteiger partial charge < -0.3 is 21.6 Å². The van der Waals surface area contributed by atoms with E-state index in [0.29, 0.717) is 6.61 Å². The normalized spacial score (nSPS) is 9.86. The van der Waals surface area contributed by atoms with Crippen molar-refractivity contribution in [2.24, 2.45) is 0 Å². The van der Waals surface area contributed by atoms with Gasteiger partial charge in [-0.2, -0.15) is 0 Å². The number of quaternary nitrogens is 1. The van der Waals surface area contributed by atoms with Gasteiger partial charge in [0.05, 0.1) is 20.6 Å². The Morgan fingerprint density at radius 3 is 2.43 bits per heavy atom. The second-order valence-corrected chi connectivity index (χ2v) is 3.50. The fraction of sp³-hybridized carbons (Fsp3) is 0.500. The molecule has 0 unspecified atom stereocenters. The number of rotatable bonds is 6. The maximum Gasteiger partial charge on any atom is 0.330 e. The highest BCUT2D eigenvalue weighted by Crippen LogP contribution is 1.96. The highest BCUT2D eigenvalue weighted by molar-refractivity contribution is 5.81. The zero-order valence-corrected chi connectivity index (χ0v) is 9.59. The van der Waals surface area contributed by atoms with Crippen LogP contribution in [0.1, 0.15) is 0 Å². The number of likely N-dealkylation sites (N-methyl/N-ethyl adjacent to an activating group) is 1. The maximum atomic E-state index is 10.7. The number of ether oxygens (including phenoxy) is 1. The summed E-state index contributed by atoms with van der Waals surface area (Å²) in [5, 5.41) is 0. The minimum Gasteiger partial charge on any atom is -1.00 e. The maximum absolute atomic E-state index is 10.7. The fourth-order valence-electron chi connectivity index (χ4n) is 0.893. The lowest BCUT2D eigenvalue weighted by Crippen LogP contribution is -3.00. The molecule has 0 aromatic rings. The molecule has 0 heterocycles. The lowest BCUT2D eigenvalue weighted by atomic mass is 10.4. The van der Waals surface area contributed by atoms with Gasteiger partial charge in [0, 0.05) is 6.08 Å². The van der Waals surface area contributed by atoms with Crippen LogP contribution in [-0.4, -0.2) is 44.2 Å². The molecule has 0 atom stereocenters. The summed E-state index contributed by atoms with van der Waals surface area (Å²) in [6, 6.07) is 0. The topological polar surface area (TPSA) is 26.3 Å². The van der Waals surface area contributed by atoms with E-state index < -0.39 is 0 Å². The van der Waals surface area contributed by atoms with Crippen LogP contribution >= 0.6 is 0 Å². The predicted molar refractivity (Wildman–Crippen MR) is 53.2 cm³/mol. The van der Waals surface area contributed by atoms with E-state index in [-0.39, 0.29) is 18.4 Å². The first kappa shape index (κ1) is 15.7. The summed E-state index contributed by atoms with van der Waals surface area (Å²) in [7, 11) is 4.12. The summed E-state index contributed by atoms with van der Waals surface area (Å²) in [4.78, 5) is 10.7. The molecule has 0 aliphatic carbocycles. The molecule has 4 heteroatoms. The van der Waals surface area contributed by atoms with Crippen molar-refractivity contribution in [2.45, 2.75) is 0 Å². The monoisotopic (exact) mass is 219 g/mol. The van der Waals surface area contributed by atoms with Crippen LogP contribution in [-0.2, 0) is 9.53 Å². The SMILES string of the molecule is C=CC[N+](C)(C)CCOC(=O)C=C.[Cl-]. The molecular formula is C10H18ClNO2. The van der Waals surface area contributed by atoms with Gasteiger partial charge >= 0.3 is 5.97 Å². The Balaban J connectivity index is 0. The molecule has 0 aliphatic rings. The first-order valence-corrected chi connectivity index (χ1v) is 4.24. The summed E-state index contributed by atoms with van der Waals surface area (Å²) in [5.41, 5.74) is 0. The molecule has 0 rings (SSSR count). The number of nitrogens with zero attached hydrogens (tertiary/aromatic N) is 1. The molecular weight excluding hydrogens is 202 g/mol. The largest absolute Gasteiger partial charge is 1.00 e. The molecule has 0 aromatic carbocycles. The van der Waals surface area contributed by atoms with Crippen molar-refractivity contribution in [3.63, 3.8) is 0 Å². The Bertz CT molecular complexity index is 202. The Morgan fingerprint density at radius 2 is 2.00 bits per heavy atom. The van der Waals surface area contributed by atoms with Crippen LogP contribution in [0.2, 0.25) is 0 Å². The third-order valence-electron chi connectivity index (χ3n) is 1.73. The number of carbonyl (C=O) groups excluding carboxylic acids is 1. The van der Waals surface area contributed by atoms with Crippen molar-refractivity contribution in [1.82, 2.24) is 0 Å². The highest BCUT2D eigenvalue weighted by atomic mass is 35.5. The first-order valence-electron chi connectivity index (χ1n) is 4.24. The lowest BCUT2D eigenvalue weighted by molar-refractivity contribution is -0.884. The van der Waals surface area contributed by atoms with Gasteiger partial charge in [0.2, 0.25) is 0 Å². The summed E-state index contributed by atoms with van der Waals surface area (Å²) in [6.07, 6.45) is 3.03. The molecule has 0 N–H and O–H groups in total. The minimum atomic E-state index is -0.362. The number of esters is 1. The van der Waals surface area contributed by atoms with Gasteiger partial charge in [0.1, 0.15) is 13.2 Å². The van der Waals surface area contributed by atoms with Crippen LogP contribution < -0.4 is 12.4 Å². The zero-order chi connectivity index (χ0) is 10.3. The Morgan fingerprint density at radius 1 is 1.43 bits per heavy atom. The zero-order valence-electron chi connectivity index (χ0n) is 8.83. The molecule has 14 heavy (non-hydrogen) atoms. The summed E-state index contributed by atoms with van der Waals surface area (Å²) in [5.74, 6) is -0.362. The average molecular weight is 220 g/mol. The number of carbonyl (C=O) groups is 1. The van der Waals surface area contributed by atoms with Crippen LogP contribution in [0.3, 0.4) is 0 Å². The smallest absolute Gasteiger partial charge is 0.330 e. The van der Waals surface area contributed by atoms with Gasteiger partial charge in [-0.3, -0.25) is 0 Å². The first-order chi connectivity index (χ1) is 6.02. The molecule has 82 valence electrons. The number of hydrogen-bond acceptors (Lipinski definition) is 2. The Kier molecular flexibility index (Phi) is 8.49. The van der Waals surface area contributed by atoms with E-state index >= 15 is 0 Å². The van der Waals surface area contributed by atoms with Crippen molar-refractivity contribution >= 4 is 5.97 Å². The molecule has 0 saturated heterocycles. The van der Waals surface area contributed by atoms with Crippen molar-refractivity contribution in [3.8, 4) is 0 Å². The second-order valence-electron chi connectivity index (χ2n) is 3.50. The second kappa shape index (κ2) is 7.59. The van der Waals surface area contributed by atoms with E-state index in [1.165, 1.54) is 6.08 Å². The third kappa shape index (κ3) is 7.83. The van der Waals surface area contributed by atoms with Gasteiger partial charge in [0.15, 0.2) is 0 Å². The van der Waals surface area contributed by atoms with Crippen LogP contribution in [0, 0.1) is 0 Å². The number of halogens is 1. The van der Waals surface area contributed by atoms with E-state index in [1.807, 2.05) is 6.08 Å². The van der Waals surface area contributed by atoms with E-state index in [1.54, 1.807) is 0 Å². The molecule has 0 saturated carbocycles. The molecule has 0 amide bonds. The van der Waals surface area contributed by atoms with Crippen LogP contribution in [0.25, 0.3) is 0 Å². The van der Waals surface area contributed by atoms with E-state index in [2.05, 4.69) is 27.3 Å². The van der Waals surface area contributed by atoms with Gasteiger partial charge in [0.25, 0.3) is 0 Å². The quantitative estimate of drug-likeness (QED) is 0.223. The highest BCUT2D eigenvalue weighted by Gasteiger charge is 2.12. The standard InChI is InChI=1S/C10H18NO2.ClH/c1-5-7-11(3,4)8-9-13-10(12)6-2;/h5-6H,1-2,7-9H2,3-4H3;1H/q+1;/p-1. The van der Waals surface area contributed by atoms with Crippen molar-refractivity contribution in [2.75, 3.05) is 33.8 Å². The van der Waals surface area contributed by atoms with Crippen molar-refractivity contribution < 1.29 is 26.4 Å².